The molecule has 3 heterocycles. The monoisotopic (exact) mass is 353 g/mol. The summed E-state index contributed by atoms with van der Waals surface area (Å²) in [5, 5.41) is 12.1. The topological polar surface area (TPSA) is 63.1 Å². The molecule has 1 amide bonds. The van der Waals surface area contributed by atoms with Gasteiger partial charge in [0.1, 0.15) is 11.6 Å². The second-order valence-electron chi connectivity index (χ2n) is 7.40. The summed E-state index contributed by atoms with van der Waals surface area (Å²) in [4.78, 5) is 14.9. The molecule has 1 saturated carbocycles. The molecule has 24 heavy (non-hydrogen) atoms. The van der Waals surface area contributed by atoms with Gasteiger partial charge in [-0.05, 0) is 32.1 Å². The lowest BCUT2D eigenvalue weighted by molar-refractivity contribution is -0.138. The number of aromatic nitrogens is 3. The number of hydrogen-bond donors (Lipinski definition) is 1. The van der Waals surface area contributed by atoms with Crippen LogP contribution in [-0.2, 0) is 17.9 Å². The number of nitrogens with one attached hydrogen (secondary N) is 1. The van der Waals surface area contributed by atoms with Gasteiger partial charge < -0.3 is 14.8 Å². The Morgan fingerprint density at radius 3 is 2.67 bits per heavy atom. The summed E-state index contributed by atoms with van der Waals surface area (Å²) >= 11 is 0. The van der Waals surface area contributed by atoms with Crippen LogP contribution in [0, 0.1) is 5.41 Å². The first-order valence-corrected chi connectivity index (χ1v) is 9.15. The smallest absolute Gasteiger partial charge is 0.228 e. The largest absolute Gasteiger partial charge is 0.342 e. The predicted octanol–water partition coefficient (Wildman–Crippen LogP) is 2.09. The van der Waals surface area contributed by atoms with E-state index in [-0.39, 0.29) is 17.8 Å². The number of carbonyl (C=O) groups is 1. The van der Waals surface area contributed by atoms with Crippen LogP contribution in [0.4, 0.5) is 0 Å². The number of nitrogens with zero attached hydrogens (tertiary/aromatic N) is 4. The van der Waals surface area contributed by atoms with Crippen molar-refractivity contribution in [1.29, 1.82) is 0 Å². The van der Waals surface area contributed by atoms with E-state index >= 15 is 0 Å². The molecule has 0 radical (unpaired) electrons. The van der Waals surface area contributed by atoms with E-state index in [1.54, 1.807) is 0 Å². The molecule has 2 aliphatic heterocycles. The lowest BCUT2D eigenvalue weighted by Crippen LogP contribution is -2.42. The van der Waals surface area contributed by atoms with Crippen molar-refractivity contribution in [3.8, 4) is 0 Å². The molecule has 134 valence electrons. The van der Waals surface area contributed by atoms with Crippen LogP contribution >= 0.6 is 12.4 Å². The van der Waals surface area contributed by atoms with Gasteiger partial charge in [0.2, 0.25) is 5.91 Å². The molecule has 1 aromatic heterocycles. The van der Waals surface area contributed by atoms with Crippen LogP contribution in [0.15, 0.2) is 0 Å². The number of piperidine rings is 1. The van der Waals surface area contributed by atoms with Crippen molar-refractivity contribution in [1.82, 2.24) is 25.0 Å². The highest BCUT2D eigenvalue weighted by molar-refractivity contribution is 5.85. The van der Waals surface area contributed by atoms with Crippen molar-refractivity contribution in [2.45, 2.75) is 64.5 Å². The fourth-order valence-electron chi connectivity index (χ4n) is 4.29. The van der Waals surface area contributed by atoms with E-state index in [0.29, 0.717) is 11.8 Å². The average Bonchev–Trinajstić information content (AvgIpc) is 3.25. The first-order valence-electron chi connectivity index (χ1n) is 9.15. The Bertz CT molecular complexity index is 590. The molecule has 3 aliphatic rings. The number of carbonyl (C=O) groups excluding carboxylic acids is 1. The van der Waals surface area contributed by atoms with Gasteiger partial charge in [-0.3, -0.25) is 4.79 Å². The van der Waals surface area contributed by atoms with E-state index in [0.717, 1.165) is 82.9 Å². The summed E-state index contributed by atoms with van der Waals surface area (Å²) < 4.78 is 2.29. The van der Waals surface area contributed by atoms with Crippen LogP contribution in [0.2, 0.25) is 0 Å². The molecule has 0 unspecified atom stereocenters. The van der Waals surface area contributed by atoms with E-state index in [1.807, 2.05) is 0 Å². The third kappa shape index (κ3) is 3.06. The van der Waals surface area contributed by atoms with Crippen molar-refractivity contribution < 1.29 is 4.79 Å². The second kappa shape index (κ2) is 7.00. The zero-order valence-electron chi connectivity index (χ0n) is 14.5. The summed E-state index contributed by atoms with van der Waals surface area (Å²) in [6.07, 6.45) is 6.44. The Hall–Kier alpha value is -1.14. The molecule has 1 N–H and O–H groups in total. The molecule has 7 heteroatoms. The van der Waals surface area contributed by atoms with E-state index in [1.165, 1.54) is 0 Å². The minimum Gasteiger partial charge on any atom is -0.342 e. The summed E-state index contributed by atoms with van der Waals surface area (Å²) in [6, 6.07) is 0. The molecular formula is C17H28ClN5O. The van der Waals surface area contributed by atoms with Crippen molar-refractivity contribution in [2.75, 3.05) is 19.6 Å². The van der Waals surface area contributed by atoms with Crippen molar-refractivity contribution in [3.05, 3.63) is 11.6 Å². The first kappa shape index (κ1) is 17.7. The zero-order chi connectivity index (χ0) is 15.9. The number of amides is 1. The summed E-state index contributed by atoms with van der Waals surface area (Å²) in [5.41, 5.74) is 0.0152. The molecule has 2 fully saturated rings. The third-order valence-corrected chi connectivity index (χ3v) is 5.83. The Morgan fingerprint density at radius 2 is 2.00 bits per heavy atom. The van der Waals surface area contributed by atoms with Gasteiger partial charge in [0.05, 0.1) is 6.54 Å². The number of hydrogen-bond acceptors (Lipinski definition) is 4. The average molecular weight is 354 g/mol. The van der Waals surface area contributed by atoms with Crippen LogP contribution in [-0.4, -0.2) is 45.2 Å². The van der Waals surface area contributed by atoms with Crippen LogP contribution < -0.4 is 5.32 Å². The molecule has 6 nitrogen and oxygen atoms in total. The molecule has 1 aromatic rings. The highest BCUT2D eigenvalue weighted by Crippen LogP contribution is 2.51. The standard InChI is InChI=1S/C17H27N5O.ClH/c1-2-5-17(6-7-17)16(23)21-9-3-13(4-10-21)15-20-19-14-12-18-8-11-22(14)15;/h13,18H,2-12H2,1H3;1H. The minimum atomic E-state index is 0. The van der Waals surface area contributed by atoms with E-state index < -0.39 is 0 Å². The molecular weight excluding hydrogens is 326 g/mol. The molecule has 0 spiro atoms. The van der Waals surface area contributed by atoms with Gasteiger partial charge in [-0.25, -0.2) is 0 Å². The maximum absolute atomic E-state index is 12.8. The van der Waals surface area contributed by atoms with Crippen LogP contribution in [0.25, 0.3) is 0 Å². The minimum absolute atomic E-state index is 0. The van der Waals surface area contributed by atoms with Gasteiger partial charge in [-0.15, -0.1) is 22.6 Å². The number of halogens is 1. The zero-order valence-corrected chi connectivity index (χ0v) is 15.3. The van der Waals surface area contributed by atoms with E-state index in [2.05, 4.69) is 31.9 Å². The normalized spacial score (nSPS) is 22.6. The van der Waals surface area contributed by atoms with Gasteiger partial charge in [0, 0.05) is 37.5 Å². The predicted molar refractivity (Wildman–Crippen MR) is 94.1 cm³/mol. The highest BCUT2D eigenvalue weighted by atomic mass is 35.5. The fourth-order valence-corrected chi connectivity index (χ4v) is 4.29. The van der Waals surface area contributed by atoms with Gasteiger partial charge in [-0.2, -0.15) is 0 Å². The molecule has 1 saturated heterocycles. The van der Waals surface area contributed by atoms with Crippen LogP contribution in [0.5, 0.6) is 0 Å². The first-order chi connectivity index (χ1) is 11.2. The number of likely N-dealkylation sites (tertiary alicyclic amines) is 1. The van der Waals surface area contributed by atoms with Gasteiger partial charge >= 0.3 is 0 Å². The van der Waals surface area contributed by atoms with Gasteiger partial charge in [0.15, 0.2) is 0 Å². The maximum atomic E-state index is 12.8. The Kier molecular flexibility index (Phi) is 5.16. The van der Waals surface area contributed by atoms with E-state index in [9.17, 15) is 4.79 Å². The molecule has 4 rings (SSSR count). The van der Waals surface area contributed by atoms with Gasteiger partial charge in [-0.1, -0.05) is 13.3 Å². The maximum Gasteiger partial charge on any atom is 0.228 e. The summed E-state index contributed by atoms with van der Waals surface area (Å²) in [7, 11) is 0. The van der Waals surface area contributed by atoms with Crippen molar-refractivity contribution in [3.63, 3.8) is 0 Å². The van der Waals surface area contributed by atoms with Crippen LogP contribution in [0.3, 0.4) is 0 Å². The molecule has 1 aliphatic carbocycles. The number of fused-ring (bicyclic) bond motifs is 1. The number of rotatable bonds is 4. The third-order valence-electron chi connectivity index (χ3n) is 5.83. The second-order valence-corrected chi connectivity index (χ2v) is 7.40. The molecule has 0 aromatic carbocycles. The van der Waals surface area contributed by atoms with Crippen LogP contribution in [0.1, 0.15) is 63.0 Å². The Balaban J connectivity index is 0.00000169. The van der Waals surface area contributed by atoms with Gasteiger partial charge in [0.25, 0.3) is 0 Å². The highest BCUT2D eigenvalue weighted by Gasteiger charge is 2.50. The SMILES string of the molecule is CCCC1(C(=O)N2CCC(c3nnc4n3CCNC4)CC2)CC1.Cl. The Morgan fingerprint density at radius 1 is 1.25 bits per heavy atom. The summed E-state index contributed by atoms with van der Waals surface area (Å²) in [5.74, 6) is 3.08. The molecule has 0 bridgehead atoms. The quantitative estimate of drug-likeness (QED) is 0.900. The lowest BCUT2D eigenvalue weighted by Gasteiger charge is -2.34. The lowest BCUT2D eigenvalue weighted by atomic mass is 9.92. The summed E-state index contributed by atoms with van der Waals surface area (Å²) in [6.45, 7) is 6.74. The van der Waals surface area contributed by atoms with Crippen molar-refractivity contribution >= 4 is 18.3 Å². The molecule has 0 atom stereocenters. The fraction of sp³-hybridized carbons (Fsp3) is 0.824. The Labute approximate surface area is 149 Å². The van der Waals surface area contributed by atoms with E-state index in [4.69, 9.17) is 0 Å². The van der Waals surface area contributed by atoms with Crippen molar-refractivity contribution in [2.24, 2.45) is 5.41 Å².